The van der Waals surface area contributed by atoms with Gasteiger partial charge in [0.2, 0.25) is 0 Å². The molecule has 19 heavy (non-hydrogen) atoms. The van der Waals surface area contributed by atoms with Crippen LogP contribution in [0.2, 0.25) is 5.02 Å². The lowest BCUT2D eigenvalue weighted by atomic mass is 10.2. The Hall–Kier alpha value is -0.370. The largest absolute Gasteiger partial charge is 0.389 e. The molecule has 0 unspecified atom stereocenters. The molecule has 0 bridgehead atoms. The van der Waals surface area contributed by atoms with Gasteiger partial charge in [-0.05, 0) is 74.9 Å². The number of halogens is 3. The van der Waals surface area contributed by atoms with E-state index in [0.29, 0.717) is 4.99 Å². The average molecular weight is 468 g/mol. The van der Waals surface area contributed by atoms with Gasteiger partial charge in [-0.1, -0.05) is 23.8 Å². The highest BCUT2D eigenvalue weighted by molar-refractivity contribution is 14.1. The zero-order valence-corrected chi connectivity index (χ0v) is 14.9. The number of hydrogen-bond acceptors (Lipinski definition) is 2. The van der Waals surface area contributed by atoms with Crippen LogP contribution in [0.5, 0.6) is 0 Å². The molecule has 0 radical (unpaired) electrons. The lowest BCUT2D eigenvalue weighted by molar-refractivity contribution is 1.49. The van der Waals surface area contributed by atoms with E-state index in [9.17, 15) is 0 Å². The SMILES string of the molecule is NC(=S)c1ccc(Nc2ccc(Cl)cc2I)c(Br)c1. The van der Waals surface area contributed by atoms with E-state index in [-0.39, 0.29) is 0 Å². The highest BCUT2D eigenvalue weighted by Crippen LogP contribution is 2.30. The molecular weight excluding hydrogens is 458 g/mol. The van der Waals surface area contributed by atoms with Gasteiger partial charge in [-0.25, -0.2) is 0 Å². The number of nitrogens with one attached hydrogen (secondary N) is 1. The van der Waals surface area contributed by atoms with Gasteiger partial charge >= 0.3 is 0 Å². The summed E-state index contributed by atoms with van der Waals surface area (Å²) in [5.41, 5.74) is 8.37. The van der Waals surface area contributed by atoms with E-state index in [4.69, 9.17) is 29.6 Å². The lowest BCUT2D eigenvalue weighted by Crippen LogP contribution is -2.09. The zero-order valence-electron chi connectivity index (χ0n) is 9.58. The average Bonchev–Trinajstić information content (AvgIpc) is 2.34. The van der Waals surface area contributed by atoms with Crippen LogP contribution in [0.3, 0.4) is 0 Å². The van der Waals surface area contributed by atoms with E-state index in [1.807, 2.05) is 36.4 Å². The summed E-state index contributed by atoms with van der Waals surface area (Å²) in [6.07, 6.45) is 0. The summed E-state index contributed by atoms with van der Waals surface area (Å²) in [4.78, 5) is 0.383. The van der Waals surface area contributed by atoms with Crippen molar-refractivity contribution >= 4 is 78.7 Å². The summed E-state index contributed by atoms with van der Waals surface area (Å²) in [7, 11) is 0. The Morgan fingerprint density at radius 2 is 1.89 bits per heavy atom. The van der Waals surface area contributed by atoms with Crippen molar-refractivity contribution in [1.29, 1.82) is 0 Å². The Labute approximate surface area is 144 Å². The fourth-order valence-electron chi connectivity index (χ4n) is 1.51. The van der Waals surface area contributed by atoms with E-state index in [2.05, 4.69) is 43.8 Å². The predicted molar refractivity (Wildman–Crippen MR) is 97.5 cm³/mol. The summed E-state index contributed by atoms with van der Waals surface area (Å²) in [5.74, 6) is 0. The molecule has 0 aliphatic carbocycles. The van der Waals surface area contributed by atoms with Gasteiger partial charge in [0.25, 0.3) is 0 Å². The second-order valence-electron chi connectivity index (χ2n) is 3.81. The smallest absolute Gasteiger partial charge is 0.104 e. The van der Waals surface area contributed by atoms with E-state index < -0.39 is 0 Å². The molecule has 3 N–H and O–H groups in total. The topological polar surface area (TPSA) is 38.0 Å². The molecule has 2 aromatic carbocycles. The number of nitrogens with two attached hydrogens (primary N) is 1. The second kappa shape index (κ2) is 6.39. The summed E-state index contributed by atoms with van der Waals surface area (Å²) >= 11 is 16.6. The lowest BCUT2D eigenvalue weighted by Gasteiger charge is -2.11. The Bertz CT molecular complexity index is 649. The van der Waals surface area contributed by atoms with Crippen LogP contribution in [0, 0.1) is 3.57 Å². The summed E-state index contributed by atoms with van der Waals surface area (Å²) in [5, 5.41) is 4.06. The quantitative estimate of drug-likeness (QED) is 0.488. The summed E-state index contributed by atoms with van der Waals surface area (Å²) in [6, 6.07) is 11.4. The van der Waals surface area contributed by atoms with Crippen LogP contribution in [0.15, 0.2) is 40.9 Å². The molecule has 0 aliphatic rings. The van der Waals surface area contributed by atoms with Crippen molar-refractivity contribution in [2.45, 2.75) is 0 Å². The predicted octanol–water partition coefficient (Wildman–Crippen LogP) is 5.08. The maximum Gasteiger partial charge on any atom is 0.104 e. The fraction of sp³-hybridized carbons (Fsp3) is 0. The number of rotatable bonds is 3. The van der Waals surface area contributed by atoms with Crippen LogP contribution < -0.4 is 11.1 Å². The van der Waals surface area contributed by atoms with Crippen molar-refractivity contribution in [1.82, 2.24) is 0 Å². The maximum absolute atomic E-state index is 5.94. The Morgan fingerprint density at radius 1 is 1.21 bits per heavy atom. The zero-order chi connectivity index (χ0) is 14.0. The van der Waals surface area contributed by atoms with Gasteiger partial charge in [0.1, 0.15) is 4.99 Å². The molecule has 6 heteroatoms. The van der Waals surface area contributed by atoms with E-state index in [0.717, 1.165) is 30.0 Å². The first kappa shape index (κ1) is 15.0. The maximum atomic E-state index is 5.94. The van der Waals surface area contributed by atoms with E-state index in [1.165, 1.54) is 0 Å². The third-order valence-electron chi connectivity index (χ3n) is 2.45. The van der Waals surface area contributed by atoms with Crippen LogP contribution >= 0.6 is 62.3 Å². The van der Waals surface area contributed by atoms with Gasteiger partial charge in [-0.3, -0.25) is 0 Å². The minimum atomic E-state index is 0.383. The molecule has 0 amide bonds. The normalized spacial score (nSPS) is 10.3. The molecule has 0 aromatic heterocycles. The van der Waals surface area contributed by atoms with Crippen molar-refractivity contribution in [3.8, 4) is 0 Å². The summed E-state index contributed by atoms with van der Waals surface area (Å²) < 4.78 is 1.96. The van der Waals surface area contributed by atoms with E-state index >= 15 is 0 Å². The van der Waals surface area contributed by atoms with Gasteiger partial charge in [0.05, 0.1) is 11.4 Å². The molecule has 0 atom stereocenters. The molecular formula is C13H9BrClIN2S. The molecule has 0 heterocycles. The standard InChI is InChI=1S/C13H9BrClIN2S/c14-9-5-7(13(17)19)1-3-11(9)18-12-4-2-8(15)6-10(12)16/h1-6,18H,(H2,17,19). The monoisotopic (exact) mass is 466 g/mol. The fourth-order valence-corrected chi connectivity index (χ4v) is 3.12. The molecule has 0 aliphatic heterocycles. The first-order valence-electron chi connectivity index (χ1n) is 5.29. The van der Waals surface area contributed by atoms with E-state index in [1.54, 1.807) is 0 Å². The molecule has 2 rings (SSSR count). The van der Waals surface area contributed by atoms with Crippen LogP contribution in [-0.4, -0.2) is 4.99 Å². The number of anilines is 2. The summed E-state index contributed by atoms with van der Waals surface area (Å²) in [6.45, 7) is 0. The van der Waals surface area contributed by atoms with Gasteiger partial charge in [0.15, 0.2) is 0 Å². The number of thiocarbonyl (C=S) groups is 1. The van der Waals surface area contributed by atoms with Gasteiger partial charge in [-0.2, -0.15) is 0 Å². The van der Waals surface area contributed by atoms with Gasteiger partial charge < -0.3 is 11.1 Å². The number of hydrogen-bond donors (Lipinski definition) is 2. The molecule has 2 aromatic rings. The van der Waals surface area contributed by atoms with Crippen LogP contribution in [-0.2, 0) is 0 Å². The molecule has 0 fully saturated rings. The van der Waals surface area contributed by atoms with Crippen molar-refractivity contribution in [3.05, 3.63) is 55.0 Å². The van der Waals surface area contributed by atoms with Crippen LogP contribution in [0.4, 0.5) is 11.4 Å². The molecule has 2 nitrogen and oxygen atoms in total. The van der Waals surface area contributed by atoms with Gasteiger partial charge in [-0.15, -0.1) is 0 Å². The molecule has 0 spiro atoms. The van der Waals surface area contributed by atoms with Crippen molar-refractivity contribution in [2.75, 3.05) is 5.32 Å². The Morgan fingerprint density at radius 3 is 2.47 bits per heavy atom. The van der Waals surface area contributed by atoms with Crippen LogP contribution in [0.25, 0.3) is 0 Å². The first-order valence-corrected chi connectivity index (χ1v) is 7.94. The molecule has 98 valence electrons. The third kappa shape index (κ3) is 3.81. The van der Waals surface area contributed by atoms with Crippen molar-refractivity contribution < 1.29 is 0 Å². The third-order valence-corrected chi connectivity index (χ3v) is 4.47. The van der Waals surface area contributed by atoms with Crippen LogP contribution in [0.1, 0.15) is 5.56 Å². The van der Waals surface area contributed by atoms with Crippen molar-refractivity contribution in [3.63, 3.8) is 0 Å². The second-order valence-corrected chi connectivity index (χ2v) is 6.70. The minimum absolute atomic E-state index is 0.383. The van der Waals surface area contributed by atoms with Gasteiger partial charge in [0, 0.05) is 18.6 Å². The highest BCUT2D eigenvalue weighted by Gasteiger charge is 2.06. The number of benzene rings is 2. The minimum Gasteiger partial charge on any atom is -0.389 e. The molecule has 0 saturated heterocycles. The highest BCUT2D eigenvalue weighted by atomic mass is 127. The Kier molecular flexibility index (Phi) is 5.05. The molecule has 0 saturated carbocycles. The first-order chi connectivity index (χ1) is 8.97. The van der Waals surface area contributed by atoms with Crippen molar-refractivity contribution in [2.24, 2.45) is 5.73 Å². The Balaban J connectivity index is 2.31.